The van der Waals surface area contributed by atoms with Crippen molar-refractivity contribution in [3.05, 3.63) is 46.9 Å². The molecule has 2 aromatic rings. The number of rotatable bonds is 2. The highest BCUT2D eigenvalue weighted by atomic mass is 15.0. The van der Waals surface area contributed by atoms with Gasteiger partial charge in [0.25, 0.3) is 0 Å². The lowest BCUT2D eigenvalue weighted by Crippen LogP contribution is -1.99. The predicted molar refractivity (Wildman–Crippen MR) is 70.7 cm³/mol. The van der Waals surface area contributed by atoms with Gasteiger partial charge in [-0.2, -0.15) is 5.26 Å². The summed E-state index contributed by atoms with van der Waals surface area (Å²) in [4.78, 5) is 8.28. The highest BCUT2D eigenvalue weighted by Crippen LogP contribution is 2.18. The molecule has 0 bridgehead atoms. The van der Waals surface area contributed by atoms with Gasteiger partial charge in [-0.15, -0.1) is 0 Å². The number of aromatic nitrogens is 2. The Hall–Kier alpha value is -2.41. The normalized spacial score (nSPS) is 9.89. The number of benzene rings is 1. The van der Waals surface area contributed by atoms with Gasteiger partial charge < -0.3 is 5.32 Å². The molecule has 4 nitrogen and oxygen atoms in total. The van der Waals surface area contributed by atoms with E-state index in [1.165, 1.54) is 11.1 Å². The van der Waals surface area contributed by atoms with Crippen molar-refractivity contribution < 1.29 is 0 Å². The van der Waals surface area contributed by atoms with Crippen LogP contribution < -0.4 is 5.32 Å². The molecule has 18 heavy (non-hydrogen) atoms. The van der Waals surface area contributed by atoms with Crippen LogP contribution in [0.4, 0.5) is 11.5 Å². The number of hydrogen-bond acceptors (Lipinski definition) is 4. The van der Waals surface area contributed by atoms with Gasteiger partial charge in [-0.05, 0) is 44.0 Å². The van der Waals surface area contributed by atoms with Gasteiger partial charge in [0, 0.05) is 11.8 Å². The molecule has 0 aliphatic rings. The highest BCUT2D eigenvalue weighted by molar-refractivity contribution is 5.59. The van der Waals surface area contributed by atoms with Crippen molar-refractivity contribution in [3.63, 3.8) is 0 Å². The first kappa shape index (κ1) is 12.1. The van der Waals surface area contributed by atoms with Crippen LogP contribution in [0, 0.1) is 32.1 Å². The average Bonchev–Trinajstić information content (AvgIpc) is 2.26. The zero-order chi connectivity index (χ0) is 13.1. The fourth-order valence-electron chi connectivity index (χ4n) is 1.88. The Bertz CT molecular complexity index is 606. The van der Waals surface area contributed by atoms with E-state index in [-0.39, 0.29) is 0 Å². The minimum Gasteiger partial charge on any atom is -0.340 e. The smallest absolute Gasteiger partial charge is 0.146 e. The van der Waals surface area contributed by atoms with Crippen molar-refractivity contribution in [3.8, 4) is 6.07 Å². The van der Waals surface area contributed by atoms with Crippen molar-refractivity contribution in [1.82, 2.24) is 9.97 Å². The van der Waals surface area contributed by atoms with E-state index in [0.29, 0.717) is 17.3 Å². The fourth-order valence-corrected chi connectivity index (χ4v) is 1.88. The van der Waals surface area contributed by atoms with Gasteiger partial charge in [-0.1, -0.05) is 6.07 Å². The molecule has 90 valence electrons. The topological polar surface area (TPSA) is 61.6 Å². The first-order valence-corrected chi connectivity index (χ1v) is 5.68. The van der Waals surface area contributed by atoms with Crippen LogP contribution in [-0.4, -0.2) is 9.97 Å². The summed E-state index contributed by atoms with van der Waals surface area (Å²) >= 11 is 0. The molecule has 0 saturated heterocycles. The zero-order valence-electron chi connectivity index (χ0n) is 10.7. The van der Waals surface area contributed by atoms with E-state index < -0.39 is 0 Å². The molecule has 0 spiro atoms. The van der Waals surface area contributed by atoms with Crippen LogP contribution in [0.2, 0.25) is 0 Å². The molecule has 1 N–H and O–H groups in total. The number of nitrogens with zero attached hydrogens (tertiary/aromatic N) is 3. The number of hydrogen-bond donors (Lipinski definition) is 1. The molecule has 0 aliphatic heterocycles. The van der Waals surface area contributed by atoms with Crippen molar-refractivity contribution >= 4 is 11.5 Å². The number of aryl methyl sites for hydroxylation is 3. The van der Waals surface area contributed by atoms with Gasteiger partial charge in [0.15, 0.2) is 0 Å². The Morgan fingerprint density at radius 2 is 1.67 bits per heavy atom. The molecule has 0 unspecified atom stereocenters. The van der Waals surface area contributed by atoms with Gasteiger partial charge >= 0.3 is 0 Å². The largest absolute Gasteiger partial charge is 0.340 e. The van der Waals surface area contributed by atoms with Crippen LogP contribution in [0.15, 0.2) is 24.3 Å². The third-order valence-corrected chi connectivity index (χ3v) is 2.45. The molecule has 0 saturated carbocycles. The van der Waals surface area contributed by atoms with Crippen LogP contribution in [0.3, 0.4) is 0 Å². The summed E-state index contributed by atoms with van der Waals surface area (Å²) in [5.74, 6) is 1.23. The molecule has 1 heterocycles. The van der Waals surface area contributed by atoms with Crippen molar-refractivity contribution in [2.75, 3.05) is 5.32 Å². The second-order valence-electron chi connectivity index (χ2n) is 4.30. The third-order valence-electron chi connectivity index (χ3n) is 2.45. The summed E-state index contributed by atoms with van der Waals surface area (Å²) in [6.45, 7) is 5.86. The summed E-state index contributed by atoms with van der Waals surface area (Å²) in [6.07, 6.45) is 0. The molecule has 0 aliphatic carbocycles. The maximum atomic E-state index is 8.87. The van der Waals surface area contributed by atoms with Crippen molar-refractivity contribution in [2.45, 2.75) is 20.8 Å². The Morgan fingerprint density at radius 1 is 1.00 bits per heavy atom. The number of nitrogens with one attached hydrogen (secondary N) is 1. The number of anilines is 2. The Morgan fingerprint density at radius 3 is 2.28 bits per heavy atom. The minimum atomic E-state index is 0.370. The highest BCUT2D eigenvalue weighted by Gasteiger charge is 2.02. The van der Waals surface area contributed by atoms with E-state index in [1.807, 2.05) is 32.0 Å². The minimum absolute atomic E-state index is 0.370. The van der Waals surface area contributed by atoms with Crippen molar-refractivity contribution in [1.29, 1.82) is 5.26 Å². The maximum absolute atomic E-state index is 8.87. The average molecular weight is 238 g/mol. The maximum Gasteiger partial charge on any atom is 0.146 e. The zero-order valence-corrected chi connectivity index (χ0v) is 10.7. The third kappa shape index (κ3) is 2.83. The molecule has 0 amide bonds. The number of nitriles is 1. The summed E-state index contributed by atoms with van der Waals surface area (Å²) in [5.41, 5.74) is 3.71. The summed E-state index contributed by atoms with van der Waals surface area (Å²) < 4.78 is 0. The van der Waals surface area contributed by atoms with Crippen molar-refractivity contribution in [2.24, 2.45) is 0 Å². The summed E-state index contributed by atoms with van der Waals surface area (Å²) in [5, 5.41) is 12.1. The SMILES string of the molecule is Cc1cc(C)cc(Nc2cc(C#N)nc(C)n2)c1. The molecule has 0 radical (unpaired) electrons. The Balaban J connectivity index is 2.34. The van der Waals surface area contributed by atoms with E-state index in [0.717, 1.165) is 5.69 Å². The van der Waals surface area contributed by atoms with E-state index >= 15 is 0 Å². The second kappa shape index (κ2) is 4.84. The van der Waals surface area contributed by atoms with Crippen LogP contribution in [-0.2, 0) is 0 Å². The molecule has 4 heteroatoms. The monoisotopic (exact) mass is 238 g/mol. The fraction of sp³-hybridized carbons (Fsp3) is 0.214. The molecular weight excluding hydrogens is 224 g/mol. The molecule has 1 aromatic carbocycles. The summed E-state index contributed by atoms with van der Waals surface area (Å²) in [6, 6.07) is 9.85. The van der Waals surface area contributed by atoms with Gasteiger partial charge in [0.1, 0.15) is 23.4 Å². The van der Waals surface area contributed by atoms with Crippen LogP contribution in [0.5, 0.6) is 0 Å². The van der Waals surface area contributed by atoms with E-state index in [2.05, 4.69) is 21.4 Å². The lowest BCUT2D eigenvalue weighted by Gasteiger charge is -2.08. The van der Waals surface area contributed by atoms with Crippen LogP contribution in [0.1, 0.15) is 22.6 Å². The molecule has 0 atom stereocenters. The van der Waals surface area contributed by atoms with E-state index in [9.17, 15) is 0 Å². The molecule has 1 aromatic heterocycles. The van der Waals surface area contributed by atoms with Gasteiger partial charge in [-0.25, -0.2) is 9.97 Å². The first-order chi connectivity index (χ1) is 8.56. The van der Waals surface area contributed by atoms with Gasteiger partial charge in [0.05, 0.1) is 0 Å². The predicted octanol–water partition coefficient (Wildman–Crippen LogP) is 3.02. The second-order valence-corrected chi connectivity index (χ2v) is 4.30. The van der Waals surface area contributed by atoms with Crippen LogP contribution in [0.25, 0.3) is 0 Å². The molecular formula is C14H14N4. The van der Waals surface area contributed by atoms with Gasteiger partial charge in [-0.3, -0.25) is 0 Å². The van der Waals surface area contributed by atoms with Crippen LogP contribution >= 0.6 is 0 Å². The van der Waals surface area contributed by atoms with E-state index in [1.54, 1.807) is 13.0 Å². The lowest BCUT2D eigenvalue weighted by molar-refractivity contribution is 1.04. The molecule has 0 fully saturated rings. The summed E-state index contributed by atoms with van der Waals surface area (Å²) in [7, 11) is 0. The standard InChI is InChI=1S/C14H14N4/c1-9-4-10(2)6-12(5-9)18-14-7-13(8-15)16-11(3)17-14/h4-7H,1-3H3,(H,16,17,18). The lowest BCUT2D eigenvalue weighted by atomic mass is 10.1. The molecule has 2 rings (SSSR count). The Labute approximate surface area is 106 Å². The quantitative estimate of drug-likeness (QED) is 0.873. The van der Waals surface area contributed by atoms with E-state index in [4.69, 9.17) is 5.26 Å². The Kier molecular flexibility index (Phi) is 3.24. The first-order valence-electron chi connectivity index (χ1n) is 5.68. The van der Waals surface area contributed by atoms with Gasteiger partial charge in [0.2, 0.25) is 0 Å².